The van der Waals surface area contributed by atoms with Crippen molar-refractivity contribution in [2.45, 2.75) is 31.3 Å². The molecule has 1 aromatic heterocycles. The standard InChI is InChI=1S/C27H26ClFN4O3/c1-3-8-31(2)9-5-10-32-26(35)24-14-19-18-13-20(28)21(29)15-22(18)30-25(19)23(33(24)27(32)36)12-16-6-4-7-17(34)11-16/h1,4,6-7,11,13,15,23-24,30,34H,5,8-10,12,14H2,2H3/t23?,24-/m0/s1. The third kappa shape index (κ3) is 4.19. The van der Waals surface area contributed by atoms with Crippen LogP contribution < -0.4 is 0 Å². The van der Waals surface area contributed by atoms with Crippen LogP contribution >= 0.6 is 11.6 Å². The number of aromatic hydroxyl groups is 1. The van der Waals surface area contributed by atoms with Gasteiger partial charge in [-0.1, -0.05) is 29.7 Å². The molecule has 3 amide bonds. The van der Waals surface area contributed by atoms with Crippen molar-refractivity contribution < 1.29 is 19.1 Å². The zero-order valence-electron chi connectivity index (χ0n) is 19.8. The van der Waals surface area contributed by atoms with Crippen molar-refractivity contribution in [1.82, 2.24) is 19.7 Å². The maximum Gasteiger partial charge on any atom is 0.328 e. The first-order valence-electron chi connectivity index (χ1n) is 11.8. The summed E-state index contributed by atoms with van der Waals surface area (Å²) in [6.07, 6.45) is 6.65. The number of carbonyl (C=O) groups is 2. The lowest BCUT2D eigenvalue weighted by atomic mass is 9.89. The molecule has 0 aliphatic carbocycles. The highest BCUT2D eigenvalue weighted by Gasteiger charge is 2.51. The number of nitrogens with zero attached hydrogens (tertiary/aromatic N) is 3. The Bertz CT molecular complexity index is 1400. The number of nitrogens with one attached hydrogen (secondary N) is 1. The Kier molecular flexibility index (Phi) is 6.37. The molecule has 0 bridgehead atoms. The fourth-order valence-corrected chi connectivity index (χ4v) is 5.51. The molecule has 2 aromatic carbocycles. The van der Waals surface area contributed by atoms with E-state index in [0.29, 0.717) is 44.4 Å². The summed E-state index contributed by atoms with van der Waals surface area (Å²) in [5.41, 5.74) is 2.99. The fourth-order valence-electron chi connectivity index (χ4n) is 5.35. The largest absolute Gasteiger partial charge is 0.508 e. The number of aromatic amines is 1. The molecule has 1 unspecified atom stereocenters. The fraction of sp³-hybridized carbons (Fsp3) is 0.333. The van der Waals surface area contributed by atoms with Crippen LogP contribution in [0.25, 0.3) is 10.9 Å². The van der Waals surface area contributed by atoms with Crippen LogP contribution in [0.3, 0.4) is 0 Å². The molecule has 0 spiro atoms. The lowest BCUT2D eigenvalue weighted by molar-refractivity contribution is -0.128. The van der Waals surface area contributed by atoms with E-state index >= 15 is 0 Å². The number of H-pyrrole nitrogens is 1. The molecule has 3 aromatic rings. The van der Waals surface area contributed by atoms with Crippen molar-refractivity contribution in [1.29, 1.82) is 0 Å². The SMILES string of the molecule is C#CCN(C)CCCN1C(=O)[C@@H]2Cc3c([nH]c4cc(F)c(Cl)cc34)C(Cc3cccc(O)c3)N2C1=O. The van der Waals surface area contributed by atoms with Crippen molar-refractivity contribution in [3.05, 3.63) is 64.1 Å². The second-order valence-electron chi connectivity index (χ2n) is 9.41. The minimum absolute atomic E-state index is 0.00259. The van der Waals surface area contributed by atoms with Gasteiger partial charge in [0.25, 0.3) is 5.91 Å². The first kappa shape index (κ1) is 24.2. The van der Waals surface area contributed by atoms with E-state index < -0.39 is 17.9 Å². The smallest absolute Gasteiger partial charge is 0.328 e. The Hall–Kier alpha value is -3.54. The zero-order chi connectivity index (χ0) is 25.6. The number of imide groups is 1. The number of aromatic nitrogens is 1. The number of urea groups is 1. The highest BCUT2D eigenvalue weighted by molar-refractivity contribution is 6.31. The molecule has 2 N–H and O–H groups in total. The molecule has 5 rings (SSSR count). The van der Waals surface area contributed by atoms with Gasteiger partial charge in [0.05, 0.1) is 17.6 Å². The number of halogens is 2. The minimum atomic E-state index is -0.668. The Morgan fingerprint density at radius 3 is 2.86 bits per heavy atom. The molecule has 7 nitrogen and oxygen atoms in total. The van der Waals surface area contributed by atoms with E-state index in [0.717, 1.165) is 22.2 Å². The molecule has 2 aliphatic rings. The zero-order valence-corrected chi connectivity index (χ0v) is 20.6. The van der Waals surface area contributed by atoms with E-state index in [1.807, 2.05) is 18.0 Å². The molecule has 36 heavy (non-hydrogen) atoms. The van der Waals surface area contributed by atoms with Gasteiger partial charge in [0, 0.05) is 36.1 Å². The summed E-state index contributed by atoms with van der Waals surface area (Å²) in [6.45, 7) is 1.45. The molecular weight excluding hydrogens is 483 g/mol. The molecule has 3 heterocycles. The lowest BCUT2D eigenvalue weighted by Gasteiger charge is -2.36. The first-order valence-corrected chi connectivity index (χ1v) is 12.2. The Labute approximate surface area is 213 Å². The Balaban J connectivity index is 1.51. The average molecular weight is 509 g/mol. The first-order chi connectivity index (χ1) is 17.3. The number of amides is 3. The average Bonchev–Trinajstić information content (AvgIpc) is 3.29. The second-order valence-corrected chi connectivity index (χ2v) is 9.82. The van der Waals surface area contributed by atoms with Crippen LogP contribution in [0, 0.1) is 18.2 Å². The maximum absolute atomic E-state index is 14.2. The molecule has 2 aliphatic heterocycles. The number of hydrogen-bond donors (Lipinski definition) is 2. The number of phenols is 1. The maximum atomic E-state index is 14.2. The highest BCUT2D eigenvalue weighted by Crippen LogP contribution is 2.43. The van der Waals surface area contributed by atoms with Gasteiger partial charge >= 0.3 is 6.03 Å². The molecule has 1 saturated heterocycles. The van der Waals surface area contributed by atoms with Gasteiger partial charge in [0.2, 0.25) is 0 Å². The van der Waals surface area contributed by atoms with Crippen LogP contribution in [-0.2, 0) is 17.6 Å². The Morgan fingerprint density at radius 2 is 2.11 bits per heavy atom. The van der Waals surface area contributed by atoms with E-state index in [-0.39, 0.29) is 22.7 Å². The van der Waals surface area contributed by atoms with Crippen LogP contribution in [-0.4, -0.2) is 69.5 Å². The predicted molar refractivity (Wildman–Crippen MR) is 135 cm³/mol. The topological polar surface area (TPSA) is 79.9 Å². The summed E-state index contributed by atoms with van der Waals surface area (Å²) in [4.78, 5) is 35.3. The number of terminal acetylenes is 1. The lowest BCUT2D eigenvalue weighted by Crippen LogP contribution is -2.44. The van der Waals surface area contributed by atoms with Crippen LogP contribution in [0.5, 0.6) is 5.75 Å². The number of phenolic OH excluding ortho intramolecular Hbond substituents is 1. The molecule has 9 heteroatoms. The summed E-state index contributed by atoms with van der Waals surface area (Å²) >= 11 is 6.09. The van der Waals surface area contributed by atoms with Crippen LogP contribution in [0.1, 0.15) is 29.3 Å². The molecule has 186 valence electrons. The summed E-state index contributed by atoms with van der Waals surface area (Å²) in [6, 6.07) is 8.23. The third-order valence-electron chi connectivity index (χ3n) is 7.01. The van der Waals surface area contributed by atoms with E-state index in [2.05, 4.69) is 10.9 Å². The quantitative estimate of drug-likeness (QED) is 0.372. The highest BCUT2D eigenvalue weighted by atomic mass is 35.5. The second kappa shape index (κ2) is 9.49. The number of carbonyl (C=O) groups excluding carboxylic acids is 2. The minimum Gasteiger partial charge on any atom is -0.508 e. The van der Waals surface area contributed by atoms with Crippen molar-refractivity contribution in [2.75, 3.05) is 26.7 Å². The van der Waals surface area contributed by atoms with Gasteiger partial charge < -0.3 is 15.0 Å². The summed E-state index contributed by atoms with van der Waals surface area (Å²) < 4.78 is 14.2. The summed E-state index contributed by atoms with van der Waals surface area (Å²) in [5, 5.41) is 10.7. The van der Waals surface area contributed by atoms with Gasteiger partial charge in [-0.25, -0.2) is 9.18 Å². The van der Waals surface area contributed by atoms with Gasteiger partial charge in [0.1, 0.15) is 17.6 Å². The van der Waals surface area contributed by atoms with Gasteiger partial charge in [-0.05, 0) is 55.3 Å². The van der Waals surface area contributed by atoms with E-state index in [9.17, 15) is 19.1 Å². The number of rotatable bonds is 7. The van der Waals surface area contributed by atoms with Gasteiger partial charge in [0.15, 0.2) is 0 Å². The van der Waals surface area contributed by atoms with Crippen LogP contribution in [0.15, 0.2) is 36.4 Å². The summed E-state index contributed by atoms with van der Waals surface area (Å²) in [7, 11) is 1.90. The van der Waals surface area contributed by atoms with E-state index in [1.54, 1.807) is 29.2 Å². The normalized spacial score (nSPS) is 19.2. The predicted octanol–water partition coefficient (Wildman–Crippen LogP) is 4.09. The van der Waals surface area contributed by atoms with Crippen molar-refractivity contribution in [3.63, 3.8) is 0 Å². The van der Waals surface area contributed by atoms with Crippen molar-refractivity contribution in [3.8, 4) is 18.1 Å². The van der Waals surface area contributed by atoms with E-state index in [1.165, 1.54) is 11.0 Å². The molecular formula is C27H26ClFN4O3. The molecule has 0 saturated carbocycles. The molecule has 0 radical (unpaired) electrons. The van der Waals surface area contributed by atoms with Crippen molar-refractivity contribution >= 4 is 34.4 Å². The van der Waals surface area contributed by atoms with Gasteiger partial charge in [-0.15, -0.1) is 6.42 Å². The van der Waals surface area contributed by atoms with Crippen LogP contribution in [0.2, 0.25) is 5.02 Å². The van der Waals surface area contributed by atoms with Gasteiger partial charge in [-0.2, -0.15) is 0 Å². The number of benzene rings is 2. The summed E-state index contributed by atoms with van der Waals surface area (Å²) in [5.74, 6) is 1.92. The monoisotopic (exact) mass is 508 g/mol. The number of hydrogen-bond acceptors (Lipinski definition) is 4. The van der Waals surface area contributed by atoms with Crippen molar-refractivity contribution in [2.24, 2.45) is 0 Å². The Morgan fingerprint density at radius 1 is 1.31 bits per heavy atom. The van der Waals surface area contributed by atoms with E-state index in [4.69, 9.17) is 18.0 Å². The van der Waals surface area contributed by atoms with Gasteiger partial charge in [-0.3, -0.25) is 14.6 Å². The molecule has 1 fully saturated rings. The van der Waals surface area contributed by atoms with Crippen LogP contribution in [0.4, 0.5) is 9.18 Å². The third-order valence-corrected chi connectivity index (χ3v) is 7.30. The molecule has 2 atom stereocenters. The number of fused-ring (bicyclic) bond motifs is 4.